The molecule has 10 N–H and O–H groups in total. The highest BCUT2D eigenvalue weighted by Gasteiger charge is 2.34. The zero-order valence-corrected chi connectivity index (χ0v) is 81.8. The lowest BCUT2D eigenvalue weighted by molar-refractivity contribution is -0.121. The van der Waals surface area contributed by atoms with E-state index in [1.54, 1.807) is 83.2 Å². The number of benzene rings is 2. The van der Waals surface area contributed by atoms with Gasteiger partial charge in [-0.05, 0) is 81.3 Å². The van der Waals surface area contributed by atoms with Crippen molar-refractivity contribution in [2.24, 2.45) is 40.2 Å². The number of thiophene rings is 1. The fraction of sp³-hybridized carbons (Fsp3) is 0.516. The average Bonchev–Trinajstić information content (AvgIpc) is 1.59. The first-order valence-electron chi connectivity index (χ1n) is 46.9. The van der Waals surface area contributed by atoms with Crippen molar-refractivity contribution in [3.8, 4) is 10.8 Å². The minimum atomic E-state index is -0.651. The normalized spacial score (nSPS) is 12.2. The Bertz CT molecular complexity index is 5480. The van der Waals surface area contributed by atoms with Crippen LogP contribution in [0.5, 0.6) is 5.75 Å². The van der Waals surface area contributed by atoms with E-state index in [9.17, 15) is 47.9 Å². The molecule has 7 aromatic heterocycles. The Morgan fingerprint density at radius 1 is 0.391 bits per heavy atom. The van der Waals surface area contributed by atoms with E-state index in [0.717, 1.165) is 57.4 Å². The second-order valence-corrected chi connectivity index (χ2v) is 34.6. The summed E-state index contributed by atoms with van der Waals surface area (Å²) in [4.78, 5) is 150. The highest BCUT2D eigenvalue weighted by atomic mass is 35.5. The molecule has 9 aromatic rings. The minimum Gasteiger partial charge on any atom is -0.491 e. The van der Waals surface area contributed by atoms with E-state index in [1.807, 2.05) is 35.8 Å². The Morgan fingerprint density at radius 3 is 1.25 bits per heavy atom. The number of hydrogen-bond acceptors (Lipinski definition) is 26. The maximum Gasteiger partial charge on any atom is 0.291 e. The molecule has 0 spiro atoms. The molecule has 10 amide bonds. The number of nitrogens with one attached hydrogen (secondary N) is 10. The van der Waals surface area contributed by atoms with Gasteiger partial charge in [-0.25, -0.2) is 15.0 Å². The zero-order chi connectivity index (χ0) is 98.5. The molecule has 0 bridgehead atoms. The second-order valence-electron chi connectivity index (χ2n) is 33.0. The van der Waals surface area contributed by atoms with Gasteiger partial charge in [0.15, 0.2) is 23.3 Å². The Labute approximate surface area is 811 Å². The van der Waals surface area contributed by atoms with Crippen LogP contribution in [0.1, 0.15) is 215 Å². The Hall–Kier alpha value is -12.4. The number of carbonyl (C=O) groups is 10. The Morgan fingerprint density at radius 2 is 0.797 bits per heavy atom. The van der Waals surface area contributed by atoms with Crippen LogP contribution in [-0.4, -0.2) is 256 Å². The van der Waals surface area contributed by atoms with Gasteiger partial charge in [-0.3, -0.25) is 57.5 Å². The number of hydrogen-bond donors (Lipinski definition) is 10. The predicted octanol–water partition coefficient (Wildman–Crippen LogP) is 10.6. The van der Waals surface area contributed by atoms with Crippen LogP contribution in [0, 0.1) is 20.8 Å². The van der Waals surface area contributed by atoms with Crippen molar-refractivity contribution in [3.63, 3.8) is 0 Å². The van der Waals surface area contributed by atoms with E-state index in [-0.39, 0.29) is 128 Å². The van der Waals surface area contributed by atoms with Crippen LogP contribution in [0.25, 0.3) is 5.00 Å². The molecule has 1 aliphatic heterocycles. The number of aryl methyl sites for hydroxylation is 7. The summed E-state index contributed by atoms with van der Waals surface area (Å²) in [6.07, 6.45) is 23.4. The van der Waals surface area contributed by atoms with E-state index in [2.05, 4.69) is 99.1 Å². The quantitative estimate of drug-likeness (QED) is 0.0158. The molecule has 0 aliphatic carbocycles. The SMILES string of the molecule is CCCCCCCCCCCCCCCC(=O)Nc1cn(C)c(C(=O)Nc2cc(C(=O)NCCC(=O)Nc3cn(C)c(C(=O)Nc4cc(C(=O)NCCC(=O)Nc5cn(C)c(C(=O)NCCC(=O)NCCOCCOCCOCCOCCOCCOCCOCCOCCOc6ccc(NC(=O)CC7N=C(c8ccc(Cl)cc8)c8c(sc(C)c8C)-n8c(C)nnc87)cc6)n5)n(C)c4)n3)n(C)c2)n1. The van der Waals surface area contributed by atoms with Crippen LogP contribution in [0.3, 0.4) is 0 Å². The van der Waals surface area contributed by atoms with Crippen LogP contribution >= 0.6 is 22.9 Å². The molecule has 0 radical (unpaired) electrons. The molecule has 138 heavy (non-hydrogen) atoms. The number of halogens is 1. The van der Waals surface area contributed by atoms with Crippen molar-refractivity contribution in [3.05, 3.63) is 159 Å². The predicted molar refractivity (Wildman–Crippen MR) is 521 cm³/mol. The largest absolute Gasteiger partial charge is 0.491 e. The molecule has 10 rings (SSSR count). The lowest BCUT2D eigenvalue weighted by Gasteiger charge is -2.13. The van der Waals surface area contributed by atoms with Gasteiger partial charge in [-0.15, -0.1) is 21.5 Å². The summed E-state index contributed by atoms with van der Waals surface area (Å²) in [5, 5.41) is 37.7. The molecular formula is C95H131ClN22O19S. The van der Waals surface area contributed by atoms with Crippen LogP contribution in [-0.2, 0) is 97.1 Å². The highest BCUT2D eigenvalue weighted by Crippen LogP contribution is 2.40. The molecule has 1 aliphatic rings. The smallest absolute Gasteiger partial charge is 0.291 e. The van der Waals surface area contributed by atoms with Crippen molar-refractivity contribution < 1.29 is 90.6 Å². The van der Waals surface area contributed by atoms with Gasteiger partial charge in [-0.1, -0.05) is 108 Å². The monoisotopic (exact) mass is 1950 g/mol. The number of imidazole rings is 3. The molecule has 43 heteroatoms. The summed E-state index contributed by atoms with van der Waals surface area (Å²) in [5.74, 6) is -2.19. The van der Waals surface area contributed by atoms with Crippen molar-refractivity contribution in [1.29, 1.82) is 0 Å². The van der Waals surface area contributed by atoms with Gasteiger partial charge in [0.2, 0.25) is 47.0 Å². The maximum absolute atomic E-state index is 13.6. The van der Waals surface area contributed by atoms with Crippen molar-refractivity contribution in [2.75, 3.05) is 170 Å². The van der Waals surface area contributed by atoms with Crippen LogP contribution in [0.4, 0.5) is 34.5 Å². The number of nitrogens with zero attached hydrogens (tertiary/aromatic N) is 12. The first kappa shape index (κ1) is 108. The summed E-state index contributed by atoms with van der Waals surface area (Å²) >= 11 is 7.92. The third kappa shape index (κ3) is 35.6. The lowest BCUT2D eigenvalue weighted by Crippen LogP contribution is -2.33. The third-order valence-electron chi connectivity index (χ3n) is 22.0. The highest BCUT2D eigenvalue weighted by molar-refractivity contribution is 7.15. The molecule has 1 atom stereocenters. The van der Waals surface area contributed by atoms with E-state index >= 15 is 0 Å². The molecule has 0 fully saturated rings. The van der Waals surface area contributed by atoms with Crippen LogP contribution in [0.2, 0.25) is 5.02 Å². The van der Waals surface area contributed by atoms with E-state index in [0.29, 0.717) is 140 Å². The van der Waals surface area contributed by atoms with Gasteiger partial charge < -0.3 is 119 Å². The van der Waals surface area contributed by atoms with E-state index in [4.69, 9.17) is 59.2 Å². The first-order valence-corrected chi connectivity index (χ1v) is 48.1. The number of carbonyl (C=O) groups excluding carboxylic acids is 10. The van der Waals surface area contributed by atoms with Crippen molar-refractivity contribution in [2.45, 2.75) is 149 Å². The topological polar surface area (TPSA) is 480 Å². The van der Waals surface area contributed by atoms with Gasteiger partial charge in [0.25, 0.3) is 29.5 Å². The standard InChI is InChI=1S/C95H131ClN22O19S/c1-10-11-12-13-14-15-16-17-18-19-20-21-22-23-80(120)105-76-62-116(8)88(109-76)93(127)102-70-56-74(113(5)59-70)91(125)99-37-34-82(122)107-78-63-117(9)89(110-78)94(128)103-71-57-75(114(6)60-71)90(124)98-36-33-81(121)106-77-61-115(7)87(108-77)92(126)100-35-32-79(119)97-38-39-129-40-41-130-42-43-131-44-45-132-46-47-133-48-49-134-50-51-135-52-53-136-54-55-137-72-30-28-69(29-31-72)101-83(123)58-73-86-112-111-66(4)118(86)95-84(64(2)65(3)138-95)85(104-73)67-24-26-68(96)27-25-67/h24-31,56-57,59-63,73H,10-23,32-55,58H2,1-9H3,(H,97,119)(H,98,124)(H,99,125)(H,100,126)(H,101,123)(H,102,127)(H,103,128)(H,105,120)(H,106,121)(H,107,122). The third-order valence-corrected chi connectivity index (χ3v) is 23.4. The Kier molecular flexibility index (Phi) is 45.0. The van der Waals surface area contributed by atoms with Crippen LogP contribution in [0.15, 0.2) is 96.6 Å². The summed E-state index contributed by atoms with van der Waals surface area (Å²) in [7, 11) is 7.99. The summed E-state index contributed by atoms with van der Waals surface area (Å²) in [5.41, 5.74) is 5.34. The number of aliphatic imine (C=N–C) groups is 1. The fourth-order valence-electron chi connectivity index (χ4n) is 14.7. The summed E-state index contributed by atoms with van der Waals surface area (Å²) in [6, 6.07) is 17.1. The van der Waals surface area contributed by atoms with E-state index < -0.39 is 47.4 Å². The fourth-order valence-corrected chi connectivity index (χ4v) is 16.1. The van der Waals surface area contributed by atoms with Crippen molar-refractivity contribution >= 4 is 122 Å². The minimum absolute atomic E-state index is 0.0113. The number of rotatable bonds is 65. The number of aromatic nitrogens is 11. The number of anilines is 6. The van der Waals surface area contributed by atoms with Gasteiger partial charge in [-0.2, -0.15) is 0 Å². The number of ether oxygens (including phenoxy) is 9. The van der Waals surface area contributed by atoms with Crippen molar-refractivity contribution in [1.82, 2.24) is 73.8 Å². The molecule has 8 heterocycles. The van der Waals surface area contributed by atoms with Crippen LogP contribution < -0.4 is 57.9 Å². The molecular weight excluding hydrogens is 1820 g/mol. The molecule has 0 saturated heterocycles. The number of fused-ring (bicyclic) bond motifs is 3. The van der Waals surface area contributed by atoms with Gasteiger partial charge in [0.1, 0.15) is 40.6 Å². The molecule has 0 saturated carbocycles. The van der Waals surface area contributed by atoms with Gasteiger partial charge in [0.05, 0.1) is 129 Å². The van der Waals surface area contributed by atoms with Gasteiger partial charge in [0, 0.05) is 145 Å². The molecule has 748 valence electrons. The second kappa shape index (κ2) is 57.7. The van der Waals surface area contributed by atoms with Gasteiger partial charge >= 0.3 is 0 Å². The molecule has 41 nitrogen and oxygen atoms in total. The summed E-state index contributed by atoms with van der Waals surface area (Å²) in [6.45, 7) is 14.9. The summed E-state index contributed by atoms with van der Waals surface area (Å²) < 4.78 is 59.8. The Balaban J connectivity index is 0.471. The average molecular weight is 1950 g/mol. The zero-order valence-electron chi connectivity index (χ0n) is 80.2. The number of amides is 10. The maximum atomic E-state index is 13.6. The first-order chi connectivity index (χ1) is 66.8. The van der Waals surface area contributed by atoms with E-state index in [1.165, 1.54) is 118 Å². The lowest BCUT2D eigenvalue weighted by atomic mass is 9.99. The molecule has 2 aromatic carbocycles. The number of unbranched alkanes of at least 4 members (excludes halogenated alkanes) is 12. The molecule has 1 unspecified atom stereocenters.